The van der Waals surface area contributed by atoms with Crippen LogP contribution in [-0.4, -0.2) is 84.8 Å². The van der Waals surface area contributed by atoms with E-state index in [1.54, 1.807) is 18.2 Å². The quantitative estimate of drug-likeness (QED) is 0.341. The molecule has 1 amide bonds. The lowest BCUT2D eigenvalue weighted by molar-refractivity contribution is -0.0353. The highest BCUT2D eigenvalue weighted by Crippen LogP contribution is 2.52. The van der Waals surface area contributed by atoms with E-state index in [1.165, 1.54) is 31.6 Å². The average molecular weight is 622 g/mol. The number of halogens is 1. The van der Waals surface area contributed by atoms with Gasteiger partial charge in [0.15, 0.2) is 11.6 Å². The second kappa shape index (κ2) is 14.1. The number of benzene rings is 1. The van der Waals surface area contributed by atoms with Crippen LogP contribution in [0.1, 0.15) is 61.3 Å². The number of carbonyl (C=O) groups excluding carboxylic acids is 1. The number of carbonyl (C=O) groups is 1. The normalized spacial score (nSPS) is 18.3. The predicted octanol–water partition coefficient (Wildman–Crippen LogP) is 4.13. The van der Waals surface area contributed by atoms with E-state index in [0.29, 0.717) is 24.7 Å². The van der Waals surface area contributed by atoms with Gasteiger partial charge in [-0.15, -0.1) is 0 Å². The van der Waals surface area contributed by atoms with Crippen LogP contribution in [-0.2, 0) is 11.2 Å². The molecule has 1 atom stereocenters. The van der Waals surface area contributed by atoms with Gasteiger partial charge in [0.2, 0.25) is 0 Å². The lowest BCUT2D eigenvalue weighted by Crippen LogP contribution is -2.65. The first kappa shape index (κ1) is 32.5. The van der Waals surface area contributed by atoms with E-state index in [9.17, 15) is 9.18 Å². The Hall–Kier alpha value is -3.87. The minimum absolute atomic E-state index is 0.0378. The summed E-state index contributed by atoms with van der Waals surface area (Å²) in [6, 6.07) is 6.02. The van der Waals surface area contributed by atoms with Crippen molar-refractivity contribution in [1.82, 2.24) is 25.2 Å². The first-order chi connectivity index (χ1) is 21.8. The summed E-state index contributed by atoms with van der Waals surface area (Å²) in [6.45, 7) is 9.34. The Balaban J connectivity index is 0.00000196. The third-order valence-electron chi connectivity index (χ3n) is 8.71. The Morgan fingerprint density at radius 2 is 1.96 bits per heavy atom. The summed E-state index contributed by atoms with van der Waals surface area (Å²) < 4.78 is 32.4. The minimum atomic E-state index is -0.496. The van der Waals surface area contributed by atoms with Gasteiger partial charge in [-0.3, -0.25) is 9.78 Å². The van der Waals surface area contributed by atoms with Crippen LogP contribution in [0.2, 0.25) is 0 Å². The molecule has 1 aromatic carbocycles. The number of nitrogens with zero attached hydrogens (tertiary/aromatic N) is 5. The van der Waals surface area contributed by atoms with Crippen LogP contribution in [0, 0.1) is 11.2 Å². The zero-order valence-corrected chi connectivity index (χ0v) is 26.8. The van der Waals surface area contributed by atoms with E-state index in [-0.39, 0.29) is 40.8 Å². The van der Waals surface area contributed by atoms with Crippen LogP contribution in [0.15, 0.2) is 43.0 Å². The van der Waals surface area contributed by atoms with Crippen LogP contribution in [0.4, 0.5) is 10.2 Å². The summed E-state index contributed by atoms with van der Waals surface area (Å²) in [6.07, 6.45) is 7.82. The zero-order chi connectivity index (χ0) is 32.1. The summed E-state index contributed by atoms with van der Waals surface area (Å²) in [7, 11) is 3.21. The first-order valence-electron chi connectivity index (χ1n) is 15.6. The zero-order valence-electron chi connectivity index (χ0n) is 26.8. The monoisotopic (exact) mass is 621 g/mol. The van der Waals surface area contributed by atoms with Crippen molar-refractivity contribution in [2.75, 3.05) is 51.8 Å². The summed E-state index contributed by atoms with van der Waals surface area (Å²) in [4.78, 5) is 30.4. The van der Waals surface area contributed by atoms with Gasteiger partial charge >= 0.3 is 0 Å². The van der Waals surface area contributed by atoms with Gasteiger partial charge in [0.05, 0.1) is 30.1 Å². The van der Waals surface area contributed by atoms with Crippen molar-refractivity contribution in [2.24, 2.45) is 11.1 Å². The first-order valence-corrected chi connectivity index (χ1v) is 15.6. The van der Waals surface area contributed by atoms with E-state index in [4.69, 9.17) is 14.2 Å². The highest BCUT2D eigenvalue weighted by Gasteiger charge is 2.54. The maximum atomic E-state index is 14.2. The van der Waals surface area contributed by atoms with Crippen LogP contribution in [0.25, 0.3) is 0 Å². The van der Waals surface area contributed by atoms with Gasteiger partial charge in [0.25, 0.3) is 5.91 Å². The molecule has 2 fully saturated rings. The fourth-order valence-electron chi connectivity index (χ4n) is 6.68. The molecule has 12 heteroatoms. The number of hydrogen-bond acceptors (Lipinski definition) is 10. The van der Waals surface area contributed by atoms with Crippen molar-refractivity contribution in [3.05, 3.63) is 65.6 Å². The number of rotatable bonds is 10. The molecule has 1 saturated heterocycles. The molecular formula is C33H44FN7O4. The largest absolute Gasteiger partial charge is 0.490 e. The number of ether oxygens (including phenoxy) is 3. The van der Waals surface area contributed by atoms with E-state index < -0.39 is 5.82 Å². The van der Waals surface area contributed by atoms with E-state index >= 15 is 0 Å². The third kappa shape index (κ3) is 6.73. The number of nitrogens with two attached hydrogens (primary N) is 1. The van der Waals surface area contributed by atoms with E-state index in [2.05, 4.69) is 30.9 Å². The Morgan fingerprint density at radius 3 is 2.67 bits per heavy atom. The van der Waals surface area contributed by atoms with Crippen LogP contribution in [0.5, 0.6) is 17.2 Å². The highest BCUT2D eigenvalue weighted by molar-refractivity contribution is 5.97. The van der Waals surface area contributed by atoms with Gasteiger partial charge in [0.1, 0.15) is 29.7 Å². The Labute approximate surface area is 264 Å². The molecule has 1 unspecified atom stereocenters. The molecule has 6 rings (SSSR count). The standard InChI is InChI=1S/C32H39FN6O4.CH5N/c1-5-39(20(2)3)31(40)23-12-21(33)6-7-26(23)43-28-15-34-19-37-30(28)38-17-32(18-38)13-22(14-32)42-27-9-11-35-24-8-10-36-25(16-41-4)29(24)27;1-2/h6-7,9,11-12,15,19-20,22,25,36H,5,8,10,13-14,16-18H2,1-4H3;2H2,1H3. The van der Waals surface area contributed by atoms with Gasteiger partial charge in [0, 0.05) is 62.9 Å². The molecule has 1 saturated carbocycles. The molecule has 242 valence electrons. The summed E-state index contributed by atoms with van der Waals surface area (Å²) in [5.74, 6) is 1.47. The van der Waals surface area contributed by atoms with Crippen molar-refractivity contribution in [2.45, 2.75) is 58.2 Å². The van der Waals surface area contributed by atoms with Crippen molar-refractivity contribution in [3.63, 3.8) is 0 Å². The molecular weight excluding hydrogens is 577 g/mol. The van der Waals surface area contributed by atoms with Gasteiger partial charge in [-0.25, -0.2) is 14.4 Å². The van der Waals surface area contributed by atoms with E-state index in [1.807, 2.05) is 33.0 Å². The smallest absolute Gasteiger partial charge is 0.257 e. The second-order valence-electron chi connectivity index (χ2n) is 12.0. The Bertz CT molecular complexity index is 1480. The lowest BCUT2D eigenvalue weighted by atomic mass is 9.61. The molecule has 4 heterocycles. The number of amides is 1. The highest BCUT2D eigenvalue weighted by atomic mass is 19.1. The average Bonchev–Trinajstić information content (AvgIpc) is 3.00. The van der Waals surface area contributed by atoms with Crippen molar-refractivity contribution < 1.29 is 23.4 Å². The molecule has 3 aliphatic rings. The number of aromatic nitrogens is 3. The van der Waals surface area contributed by atoms with E-state index in [0.717, 1.165) is 55.9 Å². The number of nitrogens with one attached hydrogen (secondary N) is 1. The van der Waals surface area contributed by atoms with Gasteiger partial charge in [-0.2, -0.15) is 0 Å². The predicted molar refractivity (Wildman–Crippen MR) is 169 cm³/mol. The van der Waals surface area contributed by atoms with Gasteiger partial charge < -0.3 is 35.1 Å². The minimum Gasteiger partial charge on any atom is -0.490 e. The van der Waals surface area contributed by atoms with Gasteiger partial charge in [-0.05, 0) is 64.9 Å². The fourth-order valence-corrected chi connectivity index (χ4v) is 6.68. The van der Waals surface area contributed by atoms with Crippen LogP contribution < -0.4 is 25.4 Å². The number of pyridine rings is 1. The number of hydrogen-bond donors (Lipinski definition) is 2. The van der Waals surface area contributed by atoms with Crippen molar-refractivity contribution in [3.8, 4) is 17.2 Å². The molecule has 1 spiro atoms. The molecule has 3 N–H and O–H groups in total. The molecule has 0 bridgehead atoms. The van der Waals surface area contributed by atoms with Crippen LogP contribution >= 0.6 is 0 Å². The summed E-state index contributed by atoms with van der Waals surface area (Å²) >= 11 is 0. The van der Waals surface area contributed by atoms with Crippen molar-refractivity contribution in [1.29, 1.82) is 0 Å². The van der Waals surface area contributed by atoms with Crippen molar-refractivity contribution >= 4 is 11.7 Å². The maximum Gasteiger partial charge on any atom is 0.257 e. The number of methoxy groups -OCH3 is 1. The molecule has 3 aromatic rings. The number of anilines is 1. The molecule has 0 radical (unpaired) electrons. The molecule has 45 heavy (non-hydrogen) atoms. The maximum absolute atomic E-state index is 14.2. The lowest BCUT2D eigenvalue weighted by Gasteiger charge is -2.59. The Kier molecular flexibility index (Phi) is 10.2. The molecule has 1 aliphatic carbocycles. The summed E-state index contributed by atoms with van der Waals surface area (Å²) in [5.41, 5.74) is 7.02. The third-order valence-corrected chi connectivity index (χ3v) is 8.71. The SMILES string of the molecule is CCN(C(=O)c1cc(F)ccc1Oc1cncnc1N1CC2(CC(Oc3ccnc4c3C(COC)NCC4)C2)C1)C(C)C.CN. The fraction of sp³-hybridized carbons (Fsp3) is 0.515. The second-order valence-corrected chi connectivity index (χ2v) is 12.0. The molecule has 11 nitrogen and oxygen atoms in total. The molecule has 2 aromatic heterocycles. The molecule has 2 aliphatic heterocycles. The van der Waals surface area contributed by atoms with Crippen LogP contribution in [0.3, 0.4) is 0 Å². The Morgan fingerprint density at radius 1 is 1.18 bits per heavy atom. The number of fused-ring (bicyclic) bond motifs is 1. The summed E-state index contributed by atoms with van der Waals surface area (Å²) in [5, 5.41) is 3.52. The topological polar surface area (TPSA) is 128 Å². The van der Waals surface area contributed by atoms with Gasteiger partial charge in [-0.1, -0.05) is 0 Å².